The second kappa shape index (κ2) is 10.2. The molecule has 2 N–H and O–H groups in total. The van der Waals surface area contributed by atoms with E-state index in [1.807, 2.05) is 68.4 Å². The van der Waals surface area contributed by atoms with Gasteiger partial charge in [0.05, 0.1) is 13.1 Å². The molecule has 134 valence electrons. The van der Waals surface area contributed by atoms with Crippen molar-refractivity contribution in [3.05, 3.63) is 54.2 Å². The molecule has 0 aliphatic rings. The summed E-state index contributed by atoms with van der Waals surface area (Å²) in [6, 6.07) is 13.8. The standard InChI is InChI=1S/C19H27N5O/c1-4-20-19(22-13-14-25-17-10-6-5-7-11-17)23-15-16-9-8-12-21-18(16)24(2)3/h5-12H,4,13-15H2,1-3H3,(H2,20,22,23). The van der Waals surface area contributed by atoms with Gasteiger partial charge in [-0.3, -0.25) is 0 Å². The first-order valence-electron chi connectivity index (χ1n) is 8.52. The van der Waals surface area contributed by atoms with E-state index >= 15 is 0 Å². The van der Waals surface area contributed by atoms with Gasteiger partial charge in [0.25, 0.3) is 0 Å². The molecule has 1 aromatic heterocycles. The van der Waals surface area contributed by atoms with Crippen LogP contribution in [0.5, 0.6) is 5.75 Å². The summed E-state index contributed by atoms with van der Waals surface area (Å²) in [7, 11) is 3.97. The smallest absolute Gasteiger partial charge is 0.191 e. The molecule has 2 rings (SSSR count). The van der Waals surface area contributed by atoms with Gasteiger partial charge in [-0.05, 0) is 25.1 Å². The van der Waals surface area contributed by atoms with E-state index in [9.17, 15) is 0 Å². The predicted molar refractivity (Wildman–Crippen MR) is 103 cm³/mol. The molecule has 0 aliphatic carbocycles. The summed E-state index contributed by atoms with van der Waals surface area (Å²) in [6.07, 6.45) is 1.80. The van der Waals surface area contributed by atoms with Crippen LogP contribution < -0.4 is 20.3 Å². The van der Waals surface area contributed by atoms with E-state index in [1.54, 1.807) is 6.20 Å². The lowest BCUT2D eigenvalue weighted by Crippen LogP contribution is -2.39. The van der Waals surface area contributed by atoms with Crippen LogP contribution in [-0.2, 0) is 6.54 Å². The molecule has 0 saturated heterocycles. The van der Waals surface area contributed by atoms with Crippen molar-refractivity contribution in [3.8, 4) is 5.75 Å². The van der Waals surface area contributed by atoms with Gasteiger partial charge < -0.3 is 20.3 Å². The molecule has 0 fully saturated rings. The van der Waals surface area contributed by atoms with Crippen molar-refractivity contribution in [2.24, 2.45) is 4.99 Å². The molecule has 0 saturated carbocycles. The Morgan fingerprint density at radius 2 is 1.92 bits per heavy atom. The summed E-state index contributed by atoms with van der Waals surface area (Å²) in [6.45, 7) is 4.67. The zero-order valence-corrected chi connectivity index (χ0v) is 15.2. The monoisotopic (exact) mass is 341 g/mol. The number of guanidine groups is 1. The first-order valence-corrected chi connectivity index (χ1v) is 8.52. The second-order valence-corrected chi connectivity index (χ2v) is 5.66. The van der Waals surface area contributed by atoms with Crippen LogP contribution in [0.1, 0.15) is 12.5 Å². The maximum Gasteiger partial charge on any atom is 0.191 e. The largest absolute Gasteiger partial charge is 0.492 e. The van der Waals surface area contributed by atoms with Gasteiger partial charge in [-0.25, -0.2) is 9.98 Å². The van der Waals surface area contributed by atoms with Crippen LogP contribution in [0.15, 0.2) is 53.7 Å². The highest BCUT2D eigenvalue weighted by Gasteiger charge is 2.05. The quantitative estimate of drug-likeness (QED) is 0.438. The molecule has 1 heterocycles. The van der Waals surface area contributed by atoms with Gasteiger partial charge in [-0.1, -0.05) is 24.3 Å². The minimum absolute atomic E-state index is 0.566. The van der Waals surface area contributed by atoms with Crippen LogP contribution in [-0.4, -0.2) is 44.7 Å². The third kappa shape index (κ3) is 6.33. The highest BCUT2D eigenvalue weighted by Crippen LogP contribution is 2.15. The molecule has 0 unspecified atom stereocenters. The normalized spacial score (nSPS) is 11.1. The molecule has 0 radical (unpaired) electrons. The van der Waals surface area contributed by atoms with Gasteiger partial charge >= 0.3 is 0 Å². The van der Waals surface area contributed by atoms with Gasteiger partial charge in [0.15, 0.2) is 5.96 Å². The number of aliphatic imine (C=N–C) groups is 1. The van der Waals surface area contributed by atoms with Crippen molar-refractivity contribution in [1.29, 1.82) is 0 Å². The van der Waals surface area contributed by atoms with Gasteiger partial charge in [-0.2, -0.15) is 0 Å². The van der Waals surface area contributed by atoms with Crippen molar-refractivity contribution in [3.63, 3.8) is 0 Å². The molecular formula is C19H27N5O. The Bertz CT molecular complexity index is 658. The molecule has 0 bridgehead atoms. The van der Waals surface area contributed by atoms with Crippen LogP contribution in [0.25, 0.3) is 0 Å². The molecule has 0 spiro atoms. The number of ether oxygens (including phenoxy) is 1. The highest BCUT2D eigenvalue weighted by atomic mass is 16.5. The molecule has 25 heavy (non-hydrogen) atoms. The summed E-state index contributed by atoms with van der Waals surface area (Å²) < 4.78 is 5.69. The Morgan fingerprint density at radius 3 is 2.64 bits per heavy atom. The SMILES string of the molecule is CCNC(=NCc1cccnc1N(C)C)NCCOc1ccccc1. The van der Waals surface area contributed by atoms with Crippen molar-refractivity contribution >= 4 is 11.8 Å². The molecule has 0 aliphatic heterocycles. The van der Waals surface area contributed by atoms with E-state index in [-0.39, 0.29) is 0 Å². The van der Waals surface area contributed by atoms with E-state index in [2.05, 4.69) is 20.6 Å². The Kier molecular flexibility index (Phi) is 7.56. The minimum atomic E-state index is 0.566. The minimum Gasteiger partial charge on any atom is -0.492 e. The lowest BCUT2D eigenvalue weighted by Gasteiger charge is -2.16. The summed E-state index contributed by atoms with van der Waals surface area (Å²) >= 11 is 0. The Labute approximate surface area is 149 Å². The third-order valence-corrected chi connectivity index (χ3v) is 3.45. The molecule has 6 nitrogen and oxygen atoms in total. The maximum atomic E-state index is 5.69. The van der Waals surface area contributed by atoms with E-state index in [0.29, 0.717) is 19.7 Å². The zero-order chi connectivity index (χ0) is 17.9. The third-order valence-electron chi connectivity index (χ3n) is 3.45. The first-order chi connectivity index (χ1) is 12.2. The fourth-order valence-corrected chi connectivity index (χ4v) is 2.32. The summed E-state index contributed by atoms with van der Waals surface area (Å²) in [5.74, 6) is 2.58. The second-order valence-electron chi connectivity index (χ2n) is 5.66. The Hall–Kier alpha value is -2.76. The number of hydrogen-bond donors (Lipinski definition) is 2. The molecule has 6 heteroatoms. The van der Waals surface area contributed by atoms with E-state index < -0.39 is 0 Å². The van der Waals surface area contributed by atoms with E-state index in [1.165, 1.54) is 0 Å². The average molecular weight is 341 g/mol. The topological polar surface area (TPSA) is 61.8 Å². The van der Waals surface area contributed by atoms with Crippen molar-refractivity contribution in [1.82, 2.24) is 15.6 Å². The van der Waals surface area contributed by atoms with Crippen LogP contribution in [0.4, 0.5) is 5.82 Å². The number of para-hydroxylation sites is 1. The van der Waals surface area contributed by atoms with Gasteiger partial charge in [0.2, 0.25) is 0 Å². The number of nitrogens with zero attached hydrogens (tertiary/aromatic N) is 3. The van der Waals surface area contributed by atoms with E-state index in [4.69, 9.17) is 4.74 Å². The fraction of sp³-hybridized carbons (Fsp3) is 0.368. The number of hydrogen-bond acceptors (Lipinski definition) is 4. The highest BCUT2D eigenvalue weighted by molar-refractivity contribution is 5.79. The van der Waals surface area contributed by atoms with Gasteiger partial charge in [-0.15, -0.1) is 0 Å². The number of anilines is 1. The molecule has 1 aromatic carbocycles. The lowest BCUT2D eigenvalue weighted by molar-refractivity contribution is 0.322. The summed E-state index contributed by atoms with van der Waals surface area (Å²) in [5.41, 5.74) is 1.09. The Morgan fingerprint density at radius 1 is 1.12 bits per heavy atom. The summed E-state index contributed by atoms with van der Waals surface area (Å²) in [4.78, 5) is 11.0. The molecular weight excluding hydrogens is 314 g/mol. The van der Waals surface area contributed by atoms with E-state index in [0.717, 1.165) is 29.6 Å². The van der Waals surface area contributed by atoms with Crippen LogP contribution in [0.3, 0.4) is 0 Å². The molecule has 0 atom stereocenters. The summed E-state index contributed by atoms with van der Waals surface area (Å²) in [5, 5.41) is 6.54. The Balaban J connectivity index is 1.88. The predicted octanol–water partition coefficient (Wildman–Crippen LogP) is 2.28. The number of benzene rings is 1. The number of nitrogens with one attached hydrogen (secondary N) is 2. The van der Waals surface area contributed by atoms with Gasteiger partial charge in [0, 0.05) is 32.4 Å². The van der Waals surface area contributed by atoms with Gasteiger partial charge in [0.1, 0.15) is 18.2 Å². The number of pyridine rings is 1. The van der Waals surface area contributed by atoms with Crippen molar-refractivity contribution in [2.75, 3.05) is 38.7 Å². The average Bonchev–Trinajstić information content (AvgIpc) is 2.64. The van der Waals surface area contributed by atoms with Crippen LogP contribution in [0, 0.1) is 0 Å². The fourth-order valence-electron chi connectivity index (χ4n) is 2.32. The first kappa shape index (κ1) is 18.6. The molecule has 0 amide bonds. The van der Waals surface area contributed by atoms with Crippen molar-refractivity contribution in [2.45, 2.75) is 13.5 Å². The molecule has 2 aromatic rings. The number of aromatic nitrogens is 1. The lowest BCUT2D eigenvalue weighted by atomic mass is 10.2. The van der Waals surface area contributed by atoms with Crippen LogP contribution >= 0.6 is 0 Å². The number of rotatable bonds is 8. The van der Waals surface area contributed by atoms with Crippen molar-refractivity contribution < 1.29 is 4.74 Å². The zero-order valence-electron chi connectivity index (χ0n) is 15.2. The van der Waals surface area contributed by atoms with Crippen LogP contribution in [0.2, 0.25) is 0 Å². The maximum absolute atomic E-state index is 5.69.